The van der Waals surface area contributed by atoms with Crippen molar-refractivity contribution in [2.75, 3.05) is 6.54 Å². The maximum Gasteiger partial charge on any atom is 0.140 e. The lowest BCUT2D eigenvalue weighted by atomic mass is 10.0. The zero-order valence-electron chi connectivity index (χ0n) is 8.46. The predicted octanol–water partition coefficient (Wildman–Crippen LogP) is 1.99. The molecule has 1 atom stereocenters. The highest BCUT2D eigenvalue weighted by Gasteiger charge is 2.14. The SMILES string of the molecule is N#Cc1cc(CC2CCCN2)ccc1F. The summed E-state index contributed by atoms with van der Waals surface area (Å²) in [6, 6.07) is 7.14. The van der Waals surface area contributed by atoms with Crippen molar-refractivity contribution < 1.29 is 4.39 Å². The van der Waals surface area contributed by atoms with Gasteiger partial charge >= 0.3 is 0 Å². The minimum atomic E-state index is -0.430. The van der Waals surface area contributed by atoms with Crippen molar-refractivity contribution in [3.8, 4) is 6.07 Å². The number of benzene rings is 1. The van der Waals surface area contributed by atoms with Crippen molar-refractivity contribution in [1.29, 1.82) is 5.26 Å². The highest BCUT2D eigenvalue weighted by Crippen LogP contribution is 2.15. The minimum Gasteiger partial charge on any atom is -0.314 e. The first-order chi connectivity index (χ1) is 7.29. The predicted molar refractivity (Wildman–Crippen MR) is 55.8 cm³/mol. The molecule has 1 aromatic carbocycles. The lowest BCUT2D eigenvalue weighted by Crippen LogP contribution is -2.23. The number of hydrogen-bond donors (Lipinski definition) is 1. The van der Waals surface area contributed by atoms with Crippen LogP contribution < -0.4 is 5.32 Å². The van der Waals surface area contributed by atoms with Crippen molar-refractivity contribution in [1.82, 2.24) is 5.32 Å². The summed E-state index contributed by atoms with van der Waals surface area (Å²) in [6.45, 7) is 1.07. The van der Waals surface area contributed by atoms with Crippen LogP contribution in [0.3, 0.4) is 0 Å². The van der Waals surface area contributed by atoms with Crippen LogP contribution in [0.4, 0.5) is 4.39 Å². The first-order valence-electron chi connectivity index (χ1n) is 5.21. The second-order valence-electron chi connectivity index (χ2n) is 3.92. The molecule has 15 heavy (non-hydrogen) atoms. The number of nitrogens with zero attached hydrogens (tertiary/aromatic N) is 1. The molecule has 0 amide bonds. The highest BCUT2D eigenvalue weighted by molar-refractivity contribution is 5.34. The first kappa shape index (κ1) is 10.1. The molecule has 0 radical (unpaired) electrons. The Morgan fingerprint density at radius 1 is 1.53 bits per heavy atom. The zero-order chi connectivity index (χ0) is 10.7. The molecule has 1 unspecified atom stereocenters. The fraction of sp³-hybridized carbons (Fsp3) is 0.417. The molecule has 0 saturated carbocycles. The van der Waals surface area contributed by atoms with Gasteiger partial charge in [0.05, 0.1) is 5.56 Å². The van der Waals surface area contributed by atoms with E-state index in [2.05, 4.69) is 5.32 Å². The Bertz CT molecular complexity index is 389. The molecular weight excluding hydrogens is 191 g/mol. The Kier molecular flexibility index (Phi) is 2.98. The molecule has 1 aromatic rings. The molecule has 1 aliphatic heterocycles. The van der Waals surface area contributed by atoms with Gasteiger partial charge in [-0.1, -0.05) is 6.07 Å². The molecule has 0 bridgehead atoms. The van der Waals surface area contributed by atoms with Gasteiger partial charge in [-0.2, -0.15) is 5.26 Å². The van der Waals surface area contributed by atoms with Gasteiger partial charge < -0.3 is 5.32 Å². The van der Waals surface area contributed by atoms with Gasteiger partial charge in [0.2, 0.25) is 0 Å². The Morgan fingerprint density at radius 2 is 2.40 bits per heavy atom. The van der Waals surface area contributed by atoms with Gasteiger partial charge in [0.25, 0.3) is 0 Å². The number of rotatable bonds is 2. The van der Waals surface area contributed by atoms with E-state index in [1.165, 1.54) is 18.9 Å². The van der Waals surface area contributed by atoms with Crippen LogP contribution in [0.1, 0.15) is 24.0 Å². The molecule has 78 valence electrons. The van der Waals surface area contributed by atoms with Crippen LogP contribution in [-0.4, -0.2) is 12.6 Å². The Morgan fingerprint density at radius 3 is 3.07 bits per heavy atom. The second kappa shape index (κ2) is 4.41. The summed E-state index contributed by atoms with van der Waals surface area (Å²) in [5.74, 6) is -0.430. The number of hydrogen-bond acceptors (Lipinski definition) is 2. The molecular formula is C12H13FN2. The molecule has 2 nitrogen and oxygen atoms in total. The van der Waals surface area contributed by atoms with E-state index in [1.807, 2.05) is 6.07 Å². The smallest absolute Gasteiger partial charge is 0.140 e. The summed E-state index contributed by atoms with van der Waals surface area (Å²) >= 11 is 0. The lowest BCUT2D eigenvalue weighted by molar-refractivity contribution is 0.597. The summed E-state index contributed by atoms with van der Waals surface area (Å²) in [5, 5.41) is 12.1. The minimum absolute atomic E-state index is 0.144. The standard InChI is InChI=1S/C12H13FN2/c13-12-4-3-9(6-10(12)8-14)7-11-2-1-5-15-11/h3-4,6,11,15H,1-2,5,7H2. The summed E-state index contributed by atoms with van der Waals surface area (Å²) < 4.78 is 13.0. The summed E-state index contributed by atoms with van der Waals surface area (Å²) in [6.07, 6.45) is 3.26. The molecule has 1 aliphatic rings. The quantitative estimate of drug-likeness (QED) is 0.799. The Labute approximate surface area is 88.7 Å². The third-order valence-corrected chi connectivity index (χ3v) is 2.80. The highest BCUT2D eigenvalue weighted by atomic mass is 19.1. The van der Waals surface area contributed by atoms with E-state index >= 15 is 0 Å². The van der Waals surface area contributed by atoms with Gasteiger partial charge in [-0.3, -0.25) is 0 Å². The number of nitrogens with one attached hydrogen (secondary N) is 1. The Balaban J connectivity index is 2.11. The fourth-order valence-electron chi connectivity index (χ4n) is 2.00. The molecule has 1 heterocycles. The van der Waals surface area contributed by atoms with Crippen molar-refractivity contribution in [2.45, 2.75) is 25.3 Å². The van der Waals surface area contributed by atoms with Crippen molar-refractivity contribution in [3.63, 3.8) is 0 Å². The van der Waals surface area contributed by atoms with Crippen LogP contribution in [0, 0.1) is 17.1 Å². The number of nitriles is 1. The molecule has 1 N–H and O–H groups in total. The average molecular weight is 204 g/mol. The van der Waals surface area contributed by atoms with Crippen LogP contribution in [0.25, 0.3) is 0 Å². The fourth-order valence-corrected chi connectivity index (χ4v) is 2.00. The second-order valence-corrected chi connectivity index (χ2v) is 3.92. The molecule has 3 heteroatoms. The zero-order valence-corrected chi connectivity index (χ0v) is 8.46. The van der Waals surface area contributed by atoms with E-state index in [4.69, 9.17) is 5.26 Å². The van der Waals surface area contributed by atoms with E-state index in [1.54, 1.807) is 12.1 Å². The summed E-state index contributed by atoms with van der Waals surface area (Å²) in [7, 11) is 0. The van der Waals surface area contributed by atoms with Gasteiger partial charge in [-0.15, -0.1) is 0 Å². The molecule has 0 spiro atoms. The third-order valence-electron chi connectivity index (χ3n) is 2.80. The van der Waals surface area contributed by atoms with Crippen LogP contribution in [0.2, 0.25) is 0 Å². The Hall–Kier alpha value is -1.40. The van der Waals surface area contributed by atoms with Crippen LogP contribution in [0.5, 0.6) is 0 Å². The third kappa shape index (κ3) is 2.34. The van der Waals surface area contributed by atoms with Crippen molar-refractivity contribution in [2.24, 2.45) is 0 Å². The molecule has 0 aromatic heterocycles. The van der Waals surface area contributed by atoms with E-state index in [0.717, 1.165) is 18.5 Å². The van der Waals surface area contributed by atoms with Gasteiger partial charge in [-0.05, 0) is 43.5 Å². The molecule has 0 aliphatic carbocycles. The van der Waals surface area contributed by atoms with E-state index in [9.17, 15) is 4.39 Å². The van der Waals surface area contributed by atoms with Crippen LogP contribution in [0.15, 0.2) is 18.2 Å². The van der Waals surface area contributed by atoms with E-state index < -0.39 is 5.82 Å². The first-order valence-corrected chi connectivity index (χ1v) is 5.21. The van der Waals surface area contributed by atoms with Gasteiger partial charge in [-0.25, -0.2) is 4.39 Å². The largest absolute Gasteiger partial charge is 0.314 e. The van der Waals surface area contributed by atoms with Crippen molar-refractivity contribution >= 4 is 0 Å². The van der Waals surface area contributed by atoms with Gasteiger partial charge in [0.15, 0.2) is 0 Å². The normalized spacial score (nSPS) is 20.1. The van der Waals surface area contributed by atoms with Gasteiger partial charge in [0, 0.05) is 6.04 Å². The maximum absolute atomic E-state index is 13.0. The molecule has 1 saturated heterocycles. The average Bonchev–Trinajstić information content (AvgIpc) is 2.73. The van der Waals surface area contributed by atoms with E-state index in [-0.39, 0.29) is 5.56 Å². The number of halogens is 1. The van der Waals surface area contributed by atoms with Crippen molar-refractivity contribution in [3.05, 3.63) is 35.1 Å². The van der Waals surface area contributed by atoms with Crippen LogP contribution in [-0.2, 0) is 6.42 Å². The molecule has 2 rings (SSSR count). The topological polar surface area (TPSA) is 35.8 Å². The van der Waals surface area contributed by atoms with Crippen LogP contribution >= 0.6 is 0 Å². The monoisotopic (exact) mass is 204 g/mol. The van der Waals surface area contributed by atoms with E-state index in [0.29, 0.717) is 6.04 Å². The summed E-state index contributed by atoms with van der Waals surface area (Å²) in [4.78, 5) is 0. The van der Waals surface area contributed by atoms with Gasteiger partial charge in [0.1, 0.15) is 11.9 Å². The maximum atomic E-state index is 13.0. The summed E-state index contributed by atoms with van der Waals surface area (Å²) in [5.41, 5.74) is 1.18. The lowest BCUT2D eigenvalue weighted by Gasteiger charge is -2.10. The molecule has 1 fully saturated rings.